The Balaban J connectivity index is 1.85. The number of hydrogen-bond acceptors (Lipinski definition) is 4. The van der Waals surface area contributed by atoms with Gasteiger partial charge >= 0.3 is 12.1 Å². The number of piperazine rings is 1. The van der Waals surface area contributed by atoms with Crippen LogP contribution < -0.4 is 0 Å². The molecule has 118 valence electrons. The van der Waals surface area contributed by atoms with Crippen molar-refractivity contribution in [3.8, 4) is 0 Å². The van der Waals surface area contributed by atoms with Crippen molar-refractivity contribution in [2.24, 2.45) is 0 Å². The molecule has 1 aromatic carbocycles. The molecule has 0 aliphatic carbocycles. The molecule has 0 unspecified atom stereocenters. The van der Waals surface area contributed by atoms with Gasteiger partial charge in [-0.3, -0.25) is 9.80 Å². The third-order valence-electron chi connectivity index (χ3n) is 4.69. The number of carboxylic acid groups (broad SMARTS) is 1. The average Bonchev–Trinajstić information content (AvgIpc) is 2.79. The number of fused-ring (bicyclic) bond motifs is 2. The minimum Gasteiger partial charge on any atom is -0.467 e. The monoisotopic (exact) mass is 304 g/mol. The molecule has 0 spiro atoms. The molecule has 0 radical (unpaired) electrons. The smallest absolute Gasteiger partial charge is 0.408 e. The lowest BCUT2D eigenvalue weighted by molar-refractivity contribution is -0.151. The molecular formula is C16H20N2O4. The van der Waals surface area contributed by atoms with Crippen LogP contribution in [-0.4, -0.2) is 58.7 Å². The number of ether oxygens (including phenoxy) is 1. The fourth-order valence-corrected chi connectivity index (χ4v) is 3.69. The molecule has 2 fully saturated rings. The highest BCUT2D eigenvalue weighted by Gasteiger charge is 2.51. The number of nitrogens with zero attached hydrogens (tertiary/aromatic N) is 2. The van der Waals surface area contributed by atoms with E-state index < -0.39 is 18.1 Å². The van der Waals surface area contributed by atoms with Crippen LogP contribution in [0.2, 0.25) is 0 Å². The van der Waals surface area contributed by atoms with Crippen molar-refractivity contribution in [3.05, 3.63) is 35.9 Å². The summed E-state index contributed by atoms with van der Waals surface area (Å²) in [5, 5.41) is 9.39. The second kappa shape index (κ2) is 5.96. The minimum atomic E-state index is -1.05. The van der Waals surface area contributed by atoms with Gasteiger partial charge in [0.15, 0.2) is 0 Å². The minimum absolute atomic E-state index is 0.109. The number of carbonyl (C=O) groups excluding carboxylic acids is 1. The fourth-order valence-electron chi connectivity index (χ4n) is 3.69. The summed E-state index contributed by atoms with van der Waals surface area (Å²) < 4.78 is 4.85. The van der Waals surface area contributed by atoms with Crippen molar-refractivity contribution < 1.29 is 19.4 Å². The van der Waals surface area contributed by atoms with Gasteiger partial charge in [0.2, 0.25) is 0 Å². The van der Waals surface area contributed by atoms with E-state index in [2.05, 4.69) is 17.0 Å². The van der Waals surface area contributed by atoms with Gasteiger partial charge in [0.1, 0.15) is 6.04 Å². The number of esters is 1. The van der Waals surface area contributed by atoms with Crippen LogP contribution in [0.1, 0.15) is 18.4 Å². The Morgan fingerprint density at radius 3 is 2.64 bits per heavy atom. The molecular weight excluding hydrogens is 284 g/mol. The van der Waals surface area contributed by atoms with E-state index in [1.54, 1.807) is 0 Å². The van der Waals surface area contributed by atoms with E-state index in [0.717, 1.165) is 19.4 Å². The van der Waals surface area contributed by atoms with Gasteiger partial charge in [-0.2, -0.15) is 0 Å². The number of hydrogen-bond donors (Lipinski definition) is 1. The van der Waals surface area contributed by atoms with E-state index in [0.29, 0.717) is 6.54 Å². The summed E-state index contributed by atoms with van der Waals surface area (Å²) in [6.45, 7) is 1.09. The summed E-state index contributed by atoms with van der Waals surface area (Å²) in [7, 11) is 1.31. The van der Waals surface area contributed by atoms with Crippen LogP contribution in [0.3, 0.4) is 0 Å². The van der Waals surface area contributed by atoms with Gasteiger partial charge in [0.25, 0.3) is 0 Å². The maximum Gasteiger partial charge on any atom is 0.408 e. The highest BCUT2D eigenvalue weighted by Crippen LogP contribution is 2.36. The van der Waals surface area contributed by atoms with Crippen LogP contribution in [-0.2, 0) is 16.1 Å². The van der Waals surface area contributed by atoms with E-state index in [1.807, 2.05) is 18.2 Å². The number of amides is 1. The van der Waals surface area contributed by atoms with E-state index >= 15 is 0 Å². The van der Waals surface area contributed by atoms with Crippen LogP contribution in [0.5, 0.6) is 0 Å². The maximum atomic E-state index is 12.1. The molecule has 2 bridgehead atoms. The molecule has 6 nitrogen and oxygen atoms in total. The summed E-state index contributed by atoms with van der Waals surface area (Å²) in [6.07, 6.45) is 0.683. The number of carbonyl (C=O) groups is 2. The predicted molar refractivity (Wildman–Crippen MR) is 79.3 cm³/mol. The average molecular weight is 304 g/mol. The molecule has 2 heterocycles. The van der Waals surface area contributed by atoms with Crippen LogP contribution in [0.25, 0.3) is 0 Å². The fraction of sp³-hybridized carbons (Fsp3) is 0.500. The van der Waals surface area contributed by atoms with Crippen LogP contribution >= 0.6 is 0 Å². The summed E-state index contributed by atoms with van der Waals surface area (Å²) in [4.78, 5) is 27.1. The van der Waals surface area contributed by atoms with E-state index in [1.165, 1.54) is 17.6 Å². The number of likely N-dealkylation sites (tertiary alicyclic amines) is 1. The van der Waals surface area contributed by atoms with Gasteiger partial charge in [0.05, 0.1) is 7.11 Å². The lowest BCUT2D eigenvalue weighted by Gasteiger charge is -2.44. The quantitative estimate of drug-likeness (QED) is 0.858. The molecule has 6 heteroatoms. The maximum absolute atomic E-state index is 12.1. The number of methoxy groups -OCH3 is 1. The first kappa shape index (κ1) is 14.8. The molecule has 2 aliphatic rings. The second-order valence-electron chi connectivity index (χ2n) is 5.86. The highest BCUT2D eigenvalue weighted by atomic mass is 16.5. The van der Waals surface area contributed by atoms with Crippen molar-refractivity contribution in [2.75, 3.05) is 13.7 Å². The van der Waals surface area contributed by atoms with Crippen molar-refractivity contribution >= 4 is 12.1 Å². The first-order chi connectivity index (χ1) is 10.6. The van der Waals surface area contributed by atoms with Gasteiger partial charge in [-0.05, 0) is 18.4 Å². The largest absolute Gasteiger partial charge is 0.467 e. The Kier molecular flexibility index (Phi) is 4.02. The van der Waals surface area contributed by atoms with Gasteiger partial charge in [-0.1, -0.05) is 30.3 Å². The molecule has 3 atom stereocenters. The van der Waals surface area contributed by atoms with Crippen molar-refractivity contribution in [1.29, 1.82) is 0 Å². The predicted octanol–water partition coefficient (Wildman–Crippen LogP) is 1.55. The number of benzene rings is 1. The van der Waals surface area contributed by atoms with Gasteiger partial charge < -0.3 is 9.84 Å². The molecule has 0 aromatic heterocycles. The van der Waals surface area contributed by atoms with Gasteiger partial charge in [0, 0.05) is 25.2 Å². The molecule has 2 aliphatic heterocycles. The summed E-state index contributed by atoms with van der Waals surface area (Å²) in [6, 6.07) is 9.38. The Labute approximate surface area is 129 Å². The highest BCUT2D eigenvalue weighted by molar-refractivity contribution is 5.82. The van der Waals surface area contributed by atoms with Crippen LogP contribution in [0.15, 0.2) is 30.3 Å². The Bertz CT molecular complexity index is 563. The normalized spacial score (nSPS) is 27.7. The van der Waals surface area contributed by atoms with E-state index in [4.69, 9.17) is 4.74 Å². The van der Waals surface area contributed by atoms with Gasteiger partial charge in [-0.25, -0.2) is 9.59 Å². The SMILES string of the molecule is COC(=O)[C@H]1[C@H]2CC[C@@H](CN1C(=O)O)N2Cc1ccccc1. The third-order valence-corrected chi connectivity index (χ3v) is 4.69. The number of rotatable bonds is 3. The molecule has 1 aromatic rings. The Hall–Kier alpha value is -2.08. The van der Waals surface area contributed by atoms with Crippen LogP contribution in [0.4, 0.5) is 4.79 Å². The molecule has 2 saturated heterocycles. The molecule has 22 heavy (non-hydrogen) atoms. The standard InChI is InChI=1S/C16H20N2O4/c1-22-15(19)14-13-8-7-12(10-18(14)16(20)21)17(13)9-11-5-3-2-4-6-11/h2-6,12-14H,7-10H2,1H3,(H,20,21)/t12-,13+,14+/m0/s1. The first-order valence-corrected chi connectivity index (χ1v) is 7.49. The summed E-state index contributed by atoms with van der Waals surface area (Å²) >= 11 is 0. The molecule has 1 amide bonds. The second-order valence-corrected chi connectivity index (χ2v) is 5.86. The molecule has 1 N–H and O–H groups in total. The molecule has 3 rings (SSSR count). The Morgan fingerprint density at radius 1 is 1.27 bits per heavy atom. The zero-order valence-corrected chi connectivity index (χ0v) is 12.5. The zero-order chi connectivity index (χ0) is 15.7. The van der Waals surface area contributed by atoms with E-state index in [9.17, 15) is 14.7 Å². The van der Waals surface area contributed by atoms with E-state index in [-0.39, 0.29) is 12.1 Å². The zero-order valence-electron chi connectivity index (χ0n) is 12.5. The van der Waals surface area contributed by atoms with Gasteiger partial charge in [-0.15, -0.1) is 0 Å². The lowest BCUT2D eigenvalue weighted by atomic mass is 10.0. The Morgan fingerprint density at radius 2 is 2.00 bits per heavy atom. The topological polar surface area (TPSA) is 70.1 Å². The summed E-state index contributed by atoms with van der Waals surface area (Å²) in [5.74, 6) is -0.467. The lowest BCUT2D eigenvalue weighted by Crippen LogP contribution is -2.63. The molecule has 0 saturated carbocycles. The van der Waals surface area contributed by atoms with Crippen molar-refractivity contribution in [3.63, 3.8) is 0 Å². The first-order valence-electron chi connectivity index (χ1n) is 7.49. The summed E-state index contributed by atoms with van der Waals surface area (Å²) in [5.41, 5.74) is 1.17. The van der Waals surface area contributed by atoms with Crippen LogP contribution in [0, 0.1) is 0 Å². The van der Waals surface area contributed by atoms with Crippen molar-refractivity contribution in [1.82, 2.24) is 9.80 Å². The van der Waals surface area contributed by atoms with Crippen molar-refractivity contribution in [2.45, 2.75) is 37.5 Å². The third kappa shape index (κ3) is 2.54.